The number of hydrogen-bond donors (Lipinski definition) is 1. The summed E-state index contributed by atoms with van der Waals surface area (Å²) in [5, 5.41) is 10.4. The Hall–Kier alpha value is -2.66. The van der Waals surface area contributed by atoms with E-state index in [-0.39, 0.29) is 0 Å². The molecule has 0 bridgehead atoms. The Labute approximate surface area is 140 Å². The van der Waals surface area contributed by atoms with Gasteiger partial charge in [-0.25, -0.2) is 4.79 Å². The minimum absolute atomic E-state index is 0.344. The number of carbonyl (C=O) groups is 1. The summed E-state index contributed by atoms with van der Waals surface area (Å²) < 4.78 is 2.32. The van der Waals surface area contributed by atoms with Crippen LogP contribution < -0.4 is 0 Å². The monoisotopic (exact) mass is 321 g/mol. The van der Waals surface area contributed by atoms with Crippen molar-refractivity contribution in [2.45, 2.75) is 19.5 Å². The summed E-state index contributed by atoms with van der Waals surface area (Å²) >= 11 is 0. The van der Waals surface area contributed by atoms with Crippen LogP contribution in [0, 0.1) is 0 Å². The number of aromatic carboxylic acids is 1. The number of hydrogen-bond acceptors (Lipinski definition) is 3. The summed E-state index contributed by atoms with van der Waals surface area (Å²) in [6.45, 7) is 2.63. The second-order valence-corrected chi connectivity index (χ2v) is 6.40. The molecule has 0 spiro atoms. The summed E-state index contributed by atoms with van der Waals surface area (Å²) in [4.78, 5) is 17.8. The van der Waals surface area contributed by atoms with E-state index in [1.807, 2.05) is 24.4 Å². The average Bonchev–Trinajstić information content (AvgIpc) is 2.88. The third kappa shape index (κ3) is 2.47. The Morgan fingerprint density at radius 1 is 1.33 bits per heavy atom. The van der Waals surface area contributed by atoms with Crippen molar-refractivity contribution < 1.29 is 9.90 Å². The van der Waals surface area contributed by atoms with Crippen molar-refractivity contribution >= 4 is 16.9 Å². The fraction of sp³-hybridized carbons (Fsp3) is 0.263. The van der Waals surface area contributed by atoms with Gasteiger partial charge in [0.1, 0.15) is 0 Å². The predicted molar refractivity (Wildman–Crippen MR) is 92.3 cm³/mol. The number of aromatic nitrogens is 2. The molecule has 1 aliphatic rings. The summed E-state index contributed by atoms with van der Waals surface area (Å²) in [5.74, 6) is -0.880. The summed E-state index contributed by atoms with van der Waals surface area (Å²) in [6, 6.07) is 9.47. The number of nitrogens with zero attached hydrogens (tertiary/aromatic N) is 3. The lowest BCUT2D eigenvalue weighted by Gasteiger charge is -2.24. The minimum Gasteiger partial charge on any atom is -0.478 e. The number of fused-ring (bicyclic) bond motifs is 3. The molecular formula is C19H19N3O2. The first-order valence-electron chi connectivity index (χ1n) is 8.08. The third-order valence-corrected chi connectivity index (χ3v) is 4.76. The Balaban J connectivity index is 1.90. The first-order chi connectivity index (χ1) is 11.6. The first kappa shape index (κ1) is 14.9. The topological polar surface area (TPSA) is 58.4 Å². The largest absolute Gasteiger partial charge is 0.478 e. The molecule has 122 valence electrons. The molecule has 2 aromatic heterocycles. The van der Waals surface area contributed by atoms with E-state index in [2.05, 4.69) is 27.6 Å². The Morgan fingerprint density at radius 2 is 2.21 bits per heavy atom. The molecule has 24 heavy (non-hydrogen) atoms. The van der Waals surface area contributed by atoms with Gasteiger partial charge < -0.3 is 14.6 Å². The number of pyridine rings is 1. The van der Waals surface area contributed by atoms with E-state index >= 15 is 0 Å². The van der Waals surface area contributed by atoms with Crippen LogP contribution in [0.4, 0.5) is 0 Å². The predicted octanol–water partition coefficient (Wildman–Crippen LogP) is 2.77. The molecule has 0 saturated carbocycles. The fourth-order valence-corrected chi connectivity index (χ4v) is 3.57. The maximum absolute atomic E-state index is 11.3. The van der Waals surface area contributed by atoms with Crippen LogP contribution in [0.5, 0.6) is 0 Å². The Kier molecular flexibility index (Phi) is 3.58. The number of carboxylic acid groups (broad SMARTS) is 1. The first-order valence-corrected chi connectivity index (χ1v) is 8.08. The van der Waals surface area contributed by atoms with Gasteiger partial charge in [0.15, 0.2) is 0 Å². The van der Waals surface area contributed by atoms with Gasteiger partial charge in [0.05, 0.1) is 5.56 Å². The molecule has 3 heterocycles. The van der Waals surface area contributed by atoms with Crippen LogP contribution >= 0.6 is 0 Å². The van der Waals surface area contributed by atoms with E-state index in [0.717, 1.165) is 42.5 Å². The van der Waals surface area contributed by atoms with Crippen LogP contribution in [-0.2, 0) is 19.5 Å². The fourth-order valence-electron chi connectivity index (χ4n) is 3.57. The van der Waals surface area contributed by atoms with E-state index in [1.165, 1.54) is 11.3 Å². The normalized spacial score (nSPS) is 14.7. The quantitative estimate of drug-likeness (QED) is 0.806. The van der Waals surface area contributed by atoms with Crippen molar-refractivity contribution in [2.24, 2.45) is 0 Å². The van der Waals surface area contributed by atoms with Crippen molar-refractivity contribution in [2.75, 3.05) is 13.6 Å². The van der Waals surface area contributed by atoms with Crippen LogP contribution in [0.2, 0.25) is 0 Å². The molecule has 1 aliphatic heterocycles. The van der Waals surface area contributed by atoms with Crippen molar-refractivity contribution in [1.82, 2.24) is 14.5 Å². The Bertz CT molecular complexity index is 915. The summed E-state index contributed by atoms with van der Waals surface area (Å²) in [6.07, 6.45) is 4.64. The van der Waals surface area contributed by atoms with Crippen molar-refractivity contribution in [3.63, 3.8) is 0 Å². The molecule has 1 N–H and O–H groups in total. The van der Waals surface area contributed by atoms with Crippen LogP contribution in [0.3, 0.4) is 0 Å². The Morgan fingerprint density at radius 3 is 2.96 bits per heavy atom. The molecule has 0 unspecified atom stereocenters. The standard InChI is InChI=1S/C19H19N3O2/c1-21-8-6-18-16(12-21)15-9-14(19(23)24)4-5-17(15)22(18)11-13-3-2-7-20-10-13/h2-5,7,9-10H,6,8,11-12H2,1H3,(H,23,24). The highest BCUT2D eigenvalue weighted by atomic mass is 16.4. The van der Waals surface area contributed by atoms with E-state index in [4.69, 9.17) is 0 Å². The second-order valence-electron chi connectivity index (χ2n) is 6.40. The lowest BCUT2D eigenvalue weighted by atomic mass is 10.0. The van der Waals surface area contributed by atoms with Crippen LogP contribution in [0.15, 0.2) is 42.7 Å². The SMILES string of the molecule is CN1CCc2c(c3cc(C(=O)O)ccc3n2Cc2cccnc2)C1. The lowest BCUT2D eigenvalue weighted by Crippen LogP contribution is -2.27. The van der Waals surface area contributed by atoms with Gasteiger partial charge in [-0.3, -0.25) is 4.98 Å². The second kappa shape index (κ2) is 5.76. The number of rotatable bonds is 3. The van der Waals surface area contributed by atoms with Gasteiger partial charge in [-0.05, 0) is 42.4 Å². The molecule has 5 nitrogen and oxygen atoms in total. The van der Waals surface area contributed by atoms with Crippen molar-refractivity contribution in [3.8, 4) is 0 Å². The molecule has 0 radical (unpaired) electrons. The molecule has 4 rings (SSSR count). The van der Waals surface area contributed by atoms with E-state index in [1.54, 1.807) is 12.3 Å². The highest BCUT2D eigenvalue weighted by Crippen LogP contribution is 2.32. The maximum atomic E-state index is 11.3. The number of carboxylic acids is 1. The van der Waals surface area contributed by atoms with Gasteiger partial charge in [-0.15, -0.1) is 0 Å². The molecule has 0 atom stereocenters. The maximum Gasteiger partial charge on any atom is 0.335 e. The van der Waals surface area contributed by atoms with Crippen molar-refractivity contribution in [3.05, 3.63) is 65.1 Å². The zero-order chi connectivity index (χ0) is 16.7. The van der Waals surface area contributed by atoms with Gasteiger partial charge in [0.25, 0.3) is 0 Å². The summed E-state index contributed by atoms with van der Waals surface area (Å²) in [5.41, 5.74) is 5.17. The number of likely N-dealkylation sites (N-methyl/N-ethyl adjacent to an activating group) is 1. The van der Waals surface area contributed by atoms with E-state index in [9.17, 15) is 9.90 Å². The zero-order valence-electron chi connectivity index (χ0n) is 13.6. The summed E-state index contributed by atoms with van der Waals surface area (Å²) in [7, 11) is 2.11. The highest BCUT2D eigenvalue weighted by molar-refractivity contribution is 5.95. The van der Waals surface area contributed by atoms with Gasteiger partial charge in [0.2, 0.25) is 0 Å². The van der Waals surface area contributed by atoms with Crippen LogP contribution in [-0.4, -0.2) is 39.1 Å². The van der Waals surface area contributed by atoms with Crippen molar-refractivity contribution in [1.29, 1.82) is 0 Å². The lowest BCUT2D eigenvalue weighted by molar-refractivity contribution is 0.0697. The van der Waals surface area contributed by atoms with E-state index < -0.39 is 5.97 Å². The molecular weight excluding hydrogens is 302 g/mol. The van der Waals surface area contributed by atoms with Gasteiger partial charge in [0, 0.05) is 55.0 Å². The average molecular weight is 321 g/mol. The number of benzene rings is 1. The molecule has 0 aliphatic carbocycles. The van der Waals surface area contributed by atoms with Gasteiger partial charge in [-0.1, -0.05) is 6.07 Å². The van der Waals surface area contributed by atoms with Gasteiger partial charge >= 0.3 is 5.97 Å². The molecule has 0 amide bonds. The molecule has 3 aromatic rings. The molecule has 5 heteroatoms. The van der Waals surface area contributed by atoms with Crippen LogP contribution in [0.1, 0.15) is 27.2 Å². The minimum atomic E-state index is -0.880. The van der Waals surface area contributed by atoms with Crippen LogP contribution in [0.25, 0.3) is 10.9 Å². The molecule has 0 fully saturated rings. The molecule has 0 saturated heterocycles. The van der Waals surface area contributed by atoms with Gasteiger partial charge in [-0.2, -0.15) is 0 Å². The van der Waals surface area contributed by atoms with E-state index in [0.29, 0.717) is 5.56 Å². The third-order valence-electron chi connectivity index (χ3n) is 4.76. The smallest absolute Gasteiger partial charge is 0.335 e. The molecule has 1 aromatic carbocycles. The highest BCUT2D eigenvalue weighted by Gasteiger charge is 2.23. The zero-order valence-corrected chi connectivity index (χ0v) is 13.6.